The van der Waals surface area contributed by atoms with Gasteiger partial charge in [-0.1, -0.05) is 27.0 Å². The van der Waals surface area contributed by atoms with E-state index in [-0.39, 0.29) is 17.5 Å². The first-order valence-corrected chi connectivity index (χ1v) is 8.66. The van der Waals surface area contributed by atoms with E-state index in [1.54, 1.807) is 6.92 Å². The molecule has 146 valence electrons. The fourth-order valence-electron chi connectivity index (χ4n) is 1.57. The van der Waals surface area contributed by atoms with Gasteiger partial charge in [0.05, 0.1) is 0 Å². The van der Waals surface area contributed by atoms with Crippen molar-refractivity contribution in [1.82, 2.24) is 10.2 Å². The zero-order valence-corrected chi connectivity index (χ0v) is 16.8. The van der Waals surface area contributed by atoms with Crippen molar-refractivity contribution in [2.75, 3.05) is 39.4 Å². The van der Waals surface area contributed by atoms with Crippen LogP contribution in [-0.4, -0.2) is 61.8 Å². The Bertz CT molecular complexity index is 410. The predicted molar refractivity (Wildman–Crippen MR) is 102 cm³/mol. The largest absolute Gasteiger partial charge is 0.461 e. The van der Waals surface area contributed by atoms with Crippen LogP contribution in [0.2, 0.25) is 0 Å². The first kappa shape index (κ1) is 25.6. The van der Waals surface area contributed by atoms with Crippen molar-refractivity contribution in [3.63, 3.8) is 0 Å². The van der Waals surface area contributed by atoms with Crippen molar-refractivity contribution in [3.05, 3.63) is 24.8 Å². The van der Waals surface area contributed by atoms with Crippen LogP contribution in [-0.2, 0) is 19.1 Å². The van der Waals surface area contributed by atoms with E-state index in [0.717, 1.165) is 19.6 Å². The normalized spacial score (nSPS) is 10.5. The molecule has 0 saturated carbocycles. The number of carbonyl (C=O) groups is 2. The third-order valence-electron chi connectivity index (χ3n) is 3.05. The molecule has 0 bridgehead atoms. The van der Waals surface area contributed by atoms with Crippen molar-refractivity contribution >= 4 is 11.9 Å². The van der Waals surface area contributed by atoms with Gasteiger partial charge in [-0.3, -0.25) is 0 Å². The lowest BCUT2D eigenvalue weighted by molar-refractivity contribution is -0.139. The van der Waals surface area contributed by atoms with Gasteiger partial charge in [-0.15, -0.1) is 0 Å². The number of rotatable bonds is 10. The lowest BCUT2D eigenvalue weighted by Gasteiger charge is -2.20. The second-order valence-electron chi connectivity index (χ2n) is 6.49. The summed E-state index contributed by atoms with van der Waals surface area (Å²) in [7, 11) is 0. The molecule has 0 rings (SSSR count). The Morgan fingerprint density at radius 3 is 2.08 bits per heavy atom. The summed E-state index contributed by atoms with van der Waals surface area (Å²) in [6, 6.07) is 0. The first-order chi connectivity index (χ1) is 11.6. The van der Waals surface area contributed by atoms with Gasteiger partial charge < -0.3 is 19.7 Å². The summed E-state index contributed by atoms with van der Waals surface area (Å²) in [5.41, 5.74) is 0.506. The fraction of sp³-hybridized carbons (Fsp3) is 0.684. The maximum absolute atomic E-state index is 10.9. The summed E-state index contributed by atoms with van der Waals surface area (Å²) in [4.78, 5) is 23.7. The zero-order valence-electron chi connectivity index (χ0n) is 16.8. The summed E-state index contributed by atoms with van der Waals surface area (Å²) in [6.07, 6.45) is 1.18. The second-order valence-corrected chi connectivity index (χ2v) is 6.49. The summed E-state index contributed by atoms with van der Waals surface area (Å²) >= 11 is 0. The molecule has 0 aliphatic rings. The number of nitrogens with zero attached hydrogens (tertiary/aromatic N) is 1. The zero-order chi connectivity index (χ0) is 19.9. The van der Waals surface area contributed by atoms with Crippen LogP contribution in [0.3, 0.4) is 0 Å². The average Bonchev–Trinajstić information content (AvgIpc) is 2.54. The highest BCUT2D eigenvalue weighted by molar-refractivity contribution is 5.86. The molecule has 0 aliphatic carbocycles. The SMILES string of the molecule is C=C(C)C(=O)OCCNC(C)(C)C.C=CC(=O)OCCN(CC)CC. The van der Waals surface area contributed by atoms with Crippen LogP contribution < -0.4 is 5.32 Å². The third kappa shape index (κ3) is 18.5. The summed E-state index contributed by atoms with van der Waals surface area (Å²) in [5.74, 6) is -0.669. The van der Waals surface area contributed by atoms with Crippen LogP contribution >= 0.6 is 0 Å². The molecule has 0 spiro atoms. The van der Waals surface area contributed by atoms with Crippen molar-refractivity contribution in [2.45, 2.75) is 47.1 Å². The highest BCUT2D eigenvalue weighted by atomic mass is 16.5. The van der Waals surface area contributed by atoms with Gasteiger partial charge >= 0.3 is 11.9 Å². The van der Waals surface area contributed by atoms with Crippen molar-refractivity contribution < 1.29 is 19.1 Å². The quantitative estimate of drug-likeness (QED) is 0.369. The topological polar surface area (TPSA) is 67.9 Å². The minimum atomic E-state index is -0.345. The maximum atomic E-state index is 10.9. The van der Waals surface area contributed by atoms with Gasteiger partial charge in [-0.25, -0.2) is 9.59 Å². The molecule has 6 heteroatoms. The van der Waals surface area contributed by atoms with E-state index in [9.17, 15) is 9.59 Å². The molecule has 1 N–H and O–H groups in total. The Labute approximate surface area is 153 Å². The highest BCUT2D eigenvalue weighted by Gasteiger charge is 2.08. The molecule has 0 saturated heterocycles. The smallest absolute Gasteiger partial charge is 0.333 e. The van der Waals surface area contributed by atoms with Gasteiger partial charge in [0.15, 0.2) is 0 Å². The van der Waals surface area contributed by atoms with Gasteiger partial charge in [0.25, 0.3) is 0 Å². The van der Waals surface area contributed by atoms with E-state index < -0.39 is 0 Å². The molecule has 0 amide bonds. The lowest BCUT2D eigenvalue weighted by Crippen LogP contribution is -2.38. The lowest BCUT2D eigenvalue weighted by atomic mass is 10.1. The molecule has 0 heterocycles. The summed E-state index contributed by atoms with van der Waals surface area (Å²) < 4.78 is 9.72. The number of carbonyl (C=O) groups excluding carboxylic acids is 2. The molecule has 0 unspecified atom stereocenters. The molecule has 25 heavy (non-hydrogen) atoms. The minimum Gasteiger partial charge on any atom is -0.461 e. The molecule has 0 aromatic heterocycles. The van der Waals surface area contributed by atoms with Crippen LogP contribution in [0.1, 0.15) is 41.5 Å². The number of hydrogen-bond acceptors (Lipinski definition) is 6. The summed E-state index contributed by atoms with van der Waals surface area (Å²) in [6.45, 7) is 23.1. The molecule has 0 atom stereocenters. The van der Waals surface area contributed by atoms with Crippen molar-refractivity contribution in [3.8, 4) is 0 Å². The van der Waals surface area contributed by atoms with Gasteiger partial charge in [0.2, 0.25) is 0 Å². The van der Waals surface area contributed by atoms with Gasteiger partial charge in [-0.2, -0.15) is 0 Å². The molecule has 0 aromatic rings. The first-order valence-electron chi connectivity index (χ1n) is 8.66. The van der Waals surface area contributed by atoms with Crippen LogP contribution in [0.4, 0.5) is 0 Å². The standard InChI is InChI=1S/C10H19NO2.C9H17NO2/c1-8(2)9(12)13-7-6-11-10(3,4)5;1-4-9(11)12-8-7-10(5-2)6-3/h11H,1,6-7H2,2-5H3;4H,1,5-8H2,2-3H3. The maximum Gasteiger partial charge on any atom is 0.333 e. The van der Waals surface area contributed by atoms with E-state index in [1.165, 1.54) is 6.08 Å². The van der Waals surface area contributed by atoms with Gasteiger partial charge in [0, 0.05) is 30.3 Å². The molecular weight excluding hydrogens is 320 g/mol. The van der Waals surface area contributed by atoms with Gasteiger partial charge in [0.1, 0.15) is 13.2 Å². The number of likely N-dealkylation sites (N-methyl/N-ethyl adjacent to an activating group) is 1. The van der Waals surface area contributed by atoms with E-state index >= 15 is 0 Å². The summed E-state index contributed by atoms with van der Waals surface area (Å²) in [5, 5.41) is 3.21. The van der Waals surface area contributed by atoms with Crippen LogP contribution in [0.15, 0.2) is 24.8 Å². The van der Waals surface area contributed by atoms with E-state index in [1.807, 2.05) is 0 Å². The molecule has 0 fully saturated rings. The Kier molecular flexibility index (Phi) is 15.0. The predicted octanol–water partition coefficient (Wildman–Crippen LogP) is 2.55. The Morgan fingerprint density at radius 1 is 1.12 bits per heavy atom. The van der Waals surface area contributed by atoms with Crippen LogP contribution in [0.5, 0.6) is 0 Å². The van der Waals surface area contributed by atoms with Crippen LogP contribution in [0, 0.1) is 0 Å². The molecule has 0 radical (unpaired) electrons. The van der Waals surface area contributed by atoms with E-state index in [2.05, 4.69) is 58.0 Å². The Balaban J connectivity index is 0. The van der Waals surface area contributed by atoms with E-state index in [0.29, 0.717) is 25.3 Å². The second kappa shape index (κ2) is 14.7. The fourth-order valence-corrected chi connectivity index (χ4v) is 1.57. The number of esters is 2. The Hall–Kier alpha value is -1.66. The average molecular weight is 357 g/mol. The number of hydrogen-bond donors (Lipinski definition) is 1. The van der Waals surface area contributed by atoms with Crippen molar-refractivity contribution in [1.29, 1.82) is 0 Å². The third-order valence-corrected chi connectivity index (χ3v) is 3.05. The highest BCUT2D eigenvalue weighted by Crippen LogP contribution is 1.97. The minimum absolute atomic E-state index is 0.0651. The van der Waals surface area contributed by atoms with E-state index in [4.69, 9.17) is 9.47 Å². The number of ether oxygens (including phenoxy) is 2. The number of nitrogens with one attached hydrogen (secondary N) is 1. The molecule has 0 aliphatic heterocycles. The molecule has 0 aromatic carbocycles. The molecular formula is C19H36N2O4. The van der Waals surface area contributed by atoms with Crippen molar-refractivity contribution in [2.24, 2.45) is 0 Å². The molecule has 6 nitrogen and oxygen atoms in total. The Morgan fingerprint density at radius 2 is 1.68 bits per heavy atom. The van der Waals surface area contributed by atoms with Crippen LogP contribution in [0.25, 0.3) is 0 Å². The van der Waals surface area contributed by atoms with Gasteiger partial charge in [-0.05, 0) is 40.8 Å². The monoisotopic (exact) mass is 356 g/mol.